The second-order valence-electron chi connectivity index (χ2n) is 2.90. The highest BCUT2D eigenvalue weighted by atomic mass is 19.4. The van der Waals surface area contributed by atoms with Gasteiger partial charge in [0.25, 0.3) is 0 Å². The average molecular weight is 204 g/mol. The van der Waals surface area contributed by atoms with Gasteiger partial charge in [-0.2, -0.15) is 13.2 Å². The largest absolute Gasteiger partial charge is 0.416 e. The van der Waals surface area contributed by atoms with Crippen molar-refractivity contribution in [3.63, 3.8) is 0 Å². The average Bonchev–Trinajstić information content (AvgIpc) is 2.14. The topological polar surface area (TPSA) is 38.0 Å². The molecule has 1 aromatic rings. The van der Waals surface area contributed by atoms with Gasteiger partial charge in [-0.05, 0) is 24.1 Å². The van der Waals surface area contributed by atoms with Crippen molar-refractivity contribution >= 4 is 0 Å². The van der Waals surface area contributed by atoms with Gasteiger partial charge in [-0.25, -0.2) is 0 Å². The van der Waals surface area contributed by atoms with E-state index in [-0.39, 0.29) is 0 Å². The van der Waals surface area contributed by atoms with Crippen LogP contribution < -0.4 is 11.3 Å². The summed E-state index contributed by atoms with van der Waals surface area (Å²) in [6, 6.07) is 5.07. The number of rotatable bonds is 3. The predicted molar refractivity (Wildman–Crippen MR) is 47.3 cm³/mol. The van der Waals surface area contributed by atoms with Crippen LogP contribution in [0, 0.1) is 0 Å². The zero-order valence-electron chi connectivity index (χ0n) is 7.43. The SMILES string of the molecule is NNCCc1ccc(C(F)(F)F)cc1. The Balaban J connectivity index is 2.69. The number of alkyl halides is 3. The Bertz CT molecular complexity index is 279. The first-order valence-corrected chi connectivity index (χ1v) is 4.13. The maximum Gasteiger partial charge on any atom is 0.416 e. The molecule has 78 valence electrons. The van der Waals surface area contributed by atoms with E-state index in [2.05, 4.69) is 5.43 Å². The number of hydrogen-bond donors (Lipinski definition) is 2. The summed E-state index contributed by atoms with van der Waals surface area (Å²) in [4.78, 5) is 0. The highest BCUT2D eigenvalue weighted by Gasteiger charge is 2.29. The van der Waals surface area contributed by atoms with Crippen LogP contribution in [0.2, 0.25) is 0 Å². The fourth-order valence-corrected chi connectivity index (χ4v) is 1.08. The minimum atomic E-state index is -4.26. The molecule has 0 unspecified atom stereocenters. The molecule has 0 bridgehead atoms. The maximum atomic E-state index is 12.1. The monoisotopic (exact) mass is 204 g/mol. The van der Waals surface area contributed by atoms with Crippen molar-refractivity contribution in [2.75, 3.05) is 6.54 Å². The van der Waals surface area contributed by atoms with E-state index in [1.807, 2.05) is 0 Å². The molecule has 0 aliphatic rings. The van der Waals surface area contributed by atoms with Crippen LogP contribution in [0.1, 0.15) is 11.1 Å². The van der Waals surface area contributed by atoms with Crippen molar-refractivity contribution in [3.8, 4) is 0 Å². The van der Waals surface area contributed by atoms with Crippen LogP contribution >= 0.6 is 0 Å². The van der Waals surface area contributed by atoms with E-state index in [0.29, 0.717) is 13.0 Å². The molecule has 5 heteroatoms. The van der Waals surface area contributed by atoms with Crippen molar-refractivity contribution in [1.82, 2.24) is 5.43 Å². The second-order valence-corrected chi connectivity index (χ2v) is 2.90. The standard InChI is InChI=1S/C9H11F3N2/c10-9(11,12)8-3-1-7(2-4-8)5-6-14-13/h1-4,14H,5-6,13H2. The maximum absolute atomic E-state index is 12.1. The molecule has 0 saturated heterocycles. The Morgan fingerprint density at radius 3 is 2.14 bits per heavy atom. The van der Waals surface area contributed by atoms with E-state index in [4.69, 9.17) is 5.84 Å². The number of nitrogens with one attached hydrogen (secondary N) is 1. The summed E-state index contributed by atoms with van der Waals surface area (Å²) in [5.74, 6) is 5.05. The van der Waals surface area contributed by atoms with E-state index >= 15 is 0 Å². The van der Waals surface area contributed by atoms with E-state index in [1.165, 1.54) is 12.1 Å². The van der Waals surface area contributed by atoms with Crippen molar-refractivity contribution in [2.45, 2.75) is 12.6 Å². The summed E-state index contributed by atoms with van der Waals surface area (Å²) in [7, 11) is 0. The smallest absolute Gasteiger partial charge is 0.271 e. The van der Waals surface area contributed by atoms with Gasteiger partial charge in [0.15, 0.2) is 0 Å². The zero-order valence-corrected chi connectivity index (χ0v) is 7.43. The lowest BCUT2D eigenvalue weighted by Gasteiger charge is -2.07. The number of nitrogens with two attached hydrogens (primary N) is 1. The summed E-state index contributed by atoms with van der Waals surface area (Å²) < 4.78 is 36.4. The van der Waals surface area contributed by atoms with E-state index in [9.17, 15) is 13.2 Å². The molecule has 0 aromatic heterocycles. The number of halogens is 3. The Labute approximate surface area is 79.9 Å². The number of hydrazine groups is 1. The van der Waals surface area contributed by atoms with Crippen LogP contribution in [-0.4, -0.2) is 6.54 Å². The van der Waals surface area contributed by atoms with Gasteiger partial charge in [0.2, 0.25) is 0 Å². The van der Waals surface area contributed by atoms with Crippen molar-refractivity contribution in [2.24, 2.45) is 5.84 Å². The van der Waals surface area contributed by atoms with Gasteiger partial charge in [-0.15, -0.1) is 0 Å². The Morgan fingerprint density at radius 2 is 1.71 bits per heavy atom. The third-order valence-corrected chi connectivity index (χ3v) is 1.84. The van der Waals surface area contributed by atoms with Crippen molar-refractivity contribution in [1.29, 1.82) is 0 Å². The summed E-state index contributed by atoms with van der Waals surface area (Å²) in [6.45, 7) is 0.547. The third-order valence-electron chi connectivity index (χ3n) is 1.84. The van der Waals surface area contributed by atoms with Gasteiger partial charge in [0.1, 0.15) is 0 Å². The lowest BCUT2D eigenvalue weighted by atomic mass is 10.1. The lowest BCUT2D eigenvalue weighted by molar-refractivity contribution is -0.137. The Hall–Kier alpha value is -1.07. The Kier molecular flexibility index (Phi) is 3.49. The van der Waals surface area contributed by atoms with E-state index < -0.39 is 11.7 Å². The molecule has 0 atom stereocenters. The molecule has 0 amide bonds. The van der Waals surface area contributed by atoms with Crippen LogP contribution in [0.5, 0.6) is 0 Å². The molecule has 0 fully saturated rings. The minimum absolute atomic E-state index is 0.547. The predicted octanol–water partition coefficient (Wildman–Crippen LogP) is 1.71. The van der Waals surface area contributed by atoms with Gasteiger partial charge in [-0.1, -0.05) is 12.1 Å². The first-order chi connectivity index (χ1) is 6.54. The van der Waals surface area contributed by atoms with Gasteiger partial charge in [0.05, 0.1) is 5.56 Å². The normalized spacial score (nSPS) is 11.7. The van der Waals surface area contributed by atoms with Gasteiger partial charge >= 0.3 is 6.18 Å². The van der Waals surface area contributed by atoms with Gasteiger partial charge in [-0.3, -0.25) is 11.3 Å². The van der Waals surface area contributed by atoms with Crippen LogP contribution in [0.4, 0.5) is 13.2 Å². The first-order valence-electron chi connectivity index (χ1n) is 4.13. The minimum Gasteiger partial charge on any atom is -0.271 e. The summed E-state index contributed by atoms with van der Waals surface area (Å²) >= 11 is 0. The Morgan fingerprint density at radius 1 is 1.14 bits per heavy atom. The molecule has 0 heterocycles. The van der Waals surface area contributed by atoms with E-state index in [0.717, 1.165) is 17.7 Å². The molecule has 14 heavy (non-hydrogen) atoms. The number of benzene rings is 1. The van der Waals surface area contributed by atoms with Crippen molar-refractivity contribution < 1.29 is 13.2 Å². The summed E-state index contributed by atoms with van der Waals surface area (Å²) in [5.41, 5.74) is 2.65. The molecule has 0 radical (unpaired) electrons. The highest BCUT2D eigenvalue weighted by Crippen LogP contribution is 2.28. The quantitative estimate of drug-likeness (QED) is 0.581. The fourth-order valence-electron chi connectivity index (χ4n) is 1.08. The first kappa shape index (κ1) is 11.0. The molecule has 2 nitrogen and oxygen atoms in total. The molecule has 0 aliphatic heterocycles. The van der Waals surface area contributed by atoms with Gasteiger partial charge < -0.3 is 0 Å². The molecule has 1 aromatic carbocycles. The molecule has 0 saturated carbocycles. The van der Waals surface area contributed by atoms with Crippen LogP contribution in [0.15, 0.2) is 24.3 Å². The fraction of sp³-hybridized carbons (Fsp3) is 0.333. The lowest BCUT2D eigenvalue weighted by Crippen LogP contribution is -2.24. The van der Waals surface area contributed by atoms with Crippen LogP contribution in [-0.2, 0) is 12.6 Å². The zero-order chi connectivity index (χ0) is 10.6. The second kappa shape index (κ2) is 4.43. The van der Waals surface area contributed by atoms with Crippen molar-refractivity contribution in [3.05, 3.63) is 35.4 Å². The molecule has 0 aliphatic carbocycles. The molecular formula is C9H11F3N2. The molecule has 0 spiro atoms. The summed E-state index contributed by atoms with van der Waals surface area (Å²) in [6.07, 6.45) is -3.64. The molecule has 1 rings (SSSR count). The van der Waals surface area contributed by atoms with Gasteiger partial charge in [0, 0.05) is 6.54 Å². The van der Waals surface area contributed by atoms with Crippen LogP contribution in [0.25, 0.3) is 0 Å². The summed E-state index contributed by atoms with van der Waals surface area (Å²) in [5, 5.41) is 0. The highest BCUT2D eigenvalue weighted by molar-refractivity contribution is 5.24. The molecular weight excluding hydrogens is 193 g/mol. The number of hydrogen-bond acceptors (Lipinski definition) is 2. The van der Waals surface area contributed by atoms with Crippen LogP contribution in [0.3, 0.4) is 0 Å². The third kappa shape index (κ3) is 3.01. The van der Waals surface area contributed by atoms with E-state index in [1.54, 1.807) is 0 Å². The molecule has 3 N–H and O–H groups in total.